The molecule has 1 saturated heterocycles. The van der Waals surface area contributed by atoms with Gasteiger partial charge < -0.3 is 9.84 Å². The highest BCUT2D eigenvalue weighted by Crippen LogP contribution is 2.36. The summed E-state index contributed by atoms with van der Waals surface area (Å²) in [6.07, 6.45) is 3.94. The molecule has 6 nitrogen and oxygen atoms in total. The molecule has 1 fully saturated rings. The lowest BCUT2D eigenvalue weighted by Crippen LogP contribution is -2.37. The smallest absolute Gasteiger partial charge is 0.239 e. The Morgan fingerprint density at radius 2 is 2.05 bits per heavy atom. The van der Waals surface area contributed by atoms with Gasteiger partial charge in [-0.25, -0.2) is 0 Å². The van der Waals surface area contributed by atoms with Crippen molar-refractivity contribution in [3.63, 3.8) is 0 Å². The molecule has 1 aliphatic heterocycles. The first-order chi connectivity index (χ1) is 10.4. The van der Waals surface area contributed by atoms with Crippen molar-refractivity contribution in [1.29, 1.82) is 0 Å². The first-order valence-corrected chi connectivity index (χ1v) is 7.94. The molecule has 1 aromatic rings. The quantitative estimate of drug-likeness (QED) is 0.817. The van der Waals surface area contributed by atoms with Crippen LogP contribution < -0.4 is 10.6 Å². The summed E-state index contributed by atoms with van der Waals surface area (Å²) in [5, 5.41) is 9.63. The van der Waals surface area contributed by atoms with Gasteiger partial charge >= 0.3 is 0 Å². The molecule has 6 heteroatoms. The molecule has 2 atom stereocenters. The molecule has 0 aromatic carbocycles. The molecule has 2 aliphatic rings. The van der Waals surface area contributed by atoms with E-state index in [0.29, 0.717) is 12.4 Å². The molecule has 0 saturated carbocycles. The van der Waals surface area contributed by atoms with Crippen LogP contribution in [0.3, 0.4) is 0 Å². The summed E-state index contributed by atoms with van der Waals surface area (Å²) in [5.41, 5.74) is 1.80. The van der Waals surface area contributed by atoms with Crippen molar-refractivity contribution in [3.8, 4) is 0 Å². The van der Waals surface area contributed by atoms with Gasteiger partial charge in [-0.05, 0) is 31.1 Å². The number of carbonyl (C=O) groups excluding carboxylic acids is 2. The SMILES string of the molecule is CC(C)(C)[C@H]1CNC(=O)[C@H]1C(=O)Nc1onc2c1CCCC2. The van der Waals surface area contributed by atoms with Crippen molar-refractivity contribution in [3.05, 3.63) is 11.3 Å². The van der Waals surface area contributed by atoms with Gasteiger partial charge in [0.2, 0.25) is 17.7 Å². The maximum Gasteiger partial charge on any atom is 0.239 e. The monoisotopic (exact) mass is 305 g/mol. The molecule has 0 spiro atoms. The second-order valence-electron chi connectivity index (χ2n) is 7.33. The molecule has 0 radical (unpaired) electrons. The van der Waals surface area contributed by atoms with E-state index in [1.54, 1.807) is 0 Å². The van der Waals surface area contributed by atoms with Crippen LogP contribution in [-0.2, 0) is 22.4 Å². The zero-order valence-corrected chi connectivity index (χ0v) is 13.4. The largest absolute Gasteiger partial charge is 0.355 e. The van der Waals surface area contributed by atoms with Crippen LogP contribution >= 0.6 is 0 Å². The van der Waals surface area contributed by atoms with Crippen molar-refractivity contribution in [2.24, 2.45) is 17.3 Å². The van der Waals surface area contributed by atoms with Gasteiger partial charge in [-0.2, -0.15) is 0 Å². The lowest BCUT2D eigenvalue weighted by molar-refractivity contribution is -0.132. The van der Waals surface area contributed by atoms with Crippen molar-refractivity contribution in [2.45, 2.75) is 46.5 Å². The van der Waals surface area contributed by atoms with E-state index >= 15 is 0 Å². The van der Waals surface area contributed by atoms with Crippen LogP contribution in [0, 0.1) is 17.3 Å². The van der Waals surface area contributed by atoms with Crippen LogP contribution in [0.1, 0.15) is 44.9 Å². The lowest BCUT2D eigenvalue weighted by atomic mass is 9.74. The second kappa shape index (κ2) is 5.41. The van der Waals surface area contributed by atoms with Gasteiger partial charge in [0.25, 0.3) is 0 Å². The molecule has 0 bridgehead atoms. The summed E-state index contributed by atoms with van der Waals surface area (Å²) >= 11 is 0. The first-order valence-electron chi connectivity index (χ1n) is 7.94. The Morgan fingerprint density at radius 3 is 2.77 bits per heavy atom. The molecule has 2 N–H and O–H groups in total. The number of aromatic nitrogens is 1. The van der Waals surface area contributed by atoms with Crippen molar-refractivity contribution in [2.75, 3.05) is 11.9 Å². The fraction of sp³-hybridized carbons (Fsp3) is 0.688. The minimum atomic E-state index is -0.677. The Balaban J connectivity index is 1.79. The third kappa shape index (κ3) is 2.62. The van der Waals surface area contributed by atoms with Crippen LogP contribution in [0.2, 0.25) is 0 Å². The standard InChI is InChI=1S/C16H23N3O3/c1-16(2,3)10-8-17-13(20)12(10)14(21)18-15-9-6-4-5-7-11(9)19-22-15/h10,12H,4-8H2,1-3H3,(H,17,20)(H,18,21)/t10-,12-/m0/s1. The van der Waals surface area contributed by atoms with Crippen molar-refractivity contribution in [1.82, 2.24) is 10.5 Å². The maximum absolute atomic E-state index is 12.6. The van der Waals surface area contributed by atoms with Crippen LogP contribution in [0.15, 0.2) is 4.52 Å². The Labute approximate surface area is 130 Å². The van der Waals surface area contributed by atoms with E-state index in [2.05, 4.69) is 36.6 Å². The molecule has 2 heterocycles. The summed E-state index contributed by atoms with van der Waals surface area (Å²) in [6, 6.07) is 0. The van der Waals surface area contributed by atoms with Gasteiger partial charge in [-0.15, -0.1) is 0 Å². The zero-order valence-electron chi connectivity index (χ0n) is 13.4. The summed E-state index contributed by atoms with van der Waals surface area (Å²) in [6.45, 7) is 6.69. The Bertz CT molecular complexity index is 600. The van der Waals surface area contributed by atoms with E-state index in [9.17, 15) is 9.59 Å². The van der Waals surface area contributed by atoms with E-state index in [1.165, 1.54) is 0 Å². The number of nitrogens with one attached hydrogen (secondary N) is 2. The average molecular weight is 305 g/mol. The third-order valence-electron chi connectivity index (χ3n) is 4.77. The van der Waals surface area contributed by atoms with Crippen LogP contribution in [0.5, 0.6) is 0 Å². The third-order valence-corrected chi connectivity index (χ3v) is 4.77. The van der Waals surface area contributed by atoms with Gasteiger partial charge in [-0.3, -0.25) is 14.9 Å². The van der Waals surface area contributed by atoms with Gasteiger partial charge in [0.15, 0.2) is 0 Å². The normalized spacial score (nSPS) is 24.8. The number of carbonyl (C=O) groups is 2. The maximum atomic E-state index is 12.6. The molecule has 1 aliphatic carbocycles. The van der Waals surface area contributed by atoms with Crippen molar-refractivity contribution < 1.29 is 14.1 Å². The van der Waals surface area contributed by atoms with E-state index < -0.39 is 5.92 Å². The number of aryl methyl sites for hydroxylation is 1. The fourth-order valence-corrected chi connectivity index (χ4v) is 3.41. The average Bonchev–Trinajstić information content (AvgIpc) is 3.03. The highest BCUT2D eigenvalue weighted by molar-refractivity contribution is 6.07. The predicted octanol–water partition coefficient (Wildman–Crippen LogP) is 1.90. The molecular formula is C16H23N3O3. The van der Waals surface area contributed by atoms with Crippen LogP contribution in [-0.4, -0.2) is 23.5 Å². The Kier molecular flexibility index (Phi) is 3.70. The van der Waals surface area contributed by atoms with E-state index in [-0.39, 0.29) is 23.1 Å². The topological polar surface area (TPSA) is 84.2 Å². The minimum absolute atomic E-state index is 0.0289. The summed E-state index contributed by atoms with van der Waals surface area (Å²) in [7, 11) is 0. The molecule has 120 valence electrons. The van der Waals surface area contributed by atoms with E-state index in [0.717, 1.165) is 36.9 Å². The first kappa shape index (κ1) is 15.1. The summed E-state index contributed by atoms with van der Waals surface area (Å²) < 4.78 is 5.29. The number of fused-ring (bicyclic) bond motifs is 1. The highest BCUT2D eigenvalue weighted by Gasteiger charge is 2.46. The highest BCUT2D eigenvalue weighted by atomic mass is 16.5. The number of hydrogen-bond acceptors (Lipinski definition) is 4. The number of rotatable bonds is 2. The van der Waals surface area contributed by atoms with Crippen molar-refractivity contribution >= 4 is 17.7 Å². The van der Waals surface area contributed by atoms with Crippen LogP contribution in [0.4, 0.5) is 5.88 Å². The summed E-state index contributed by atoms with van der Waals surface area (Å²) in [5.74, 6) is -0.777. The molecule has 1 aromatic heterocycles. The Hall–Kier alpha value is -1.85. The van der Waals surface area contributed by atoms with Gasteiger partial charge in [-0.1, -0.05) is 25.9 Å². The second-order valence-corrected chi connectivity index (χ2v) is 7.33. The van der Waals surface area contributed by atoms with Gasteiger partial charge in [0, 0.05) is 18.0 Å². The molecule has 22 heavy (non-hydrogen) atoms. The number of hydrogen-bond donors (Lipinski definition) is 2. The Morgan fingerprint density at radius 1 is 1.32 bits per heavy atom. The molecule has 0 unspecified atom stereocenters. The minimum Gasteiger partial charge on any atom is -0.355 e. The predicted molar refractivity (Wildman–Crippen MR) is 81.2 cm³/mol. The van der Waals surface area contributed by atoms with E-state index in [1.807, 2.05) is 0 Å². The lowest BCUT2D eigenvalue weighted by Gasteiger charge is -2.29. The van der Waals surface area contributed by atoms with Crippen LogP contribution in [0.25, 0.3) is 0 Å². The fourth-order valence-electron chi connectivity index (χ4n) is 3.41. The zero-order chi connectivity index (χ0) is 15.9. The molecule has 3 rings (SSSR count). The number of amides is 2. The number of anilines is 1. The van der Waals surface area contributed by atoms with Gasteiger partial charge in [0.05, 0.1) is 5.69 Å². The molecule has 2 amide bonds. The summed E-state index contributed by atoms with van der Waals surface area (Å²) in [4.78, 5) is 24.7. The van der Waals surface area contributed by atoms with E-state index in [4.69, 9.17) is 4.52 Å². The van der Waals surface area contributed by atoms with Gasteiger partial charge in [0.1, 0.15) is 5.92 Å². The number of nitrogens with zero attached hydrogens (tertiary/aromatic N) is 1. The molecular weight excluding hydrogens is 282 g/mol.